The van der Waals surface area contributed by atoms with Gasteiger partial charge in [0.1, 0.15) is 0 Å². The number of benzene rings is 1. The van der Waals surface area contributed by atoms with Crippen molar-refractivity contribution < 1.29 is 0 Å². The van der Waals surface area contributed by atoms with Crippen molar-refractivity contribution in [3.05, 3.63) is 33.9 Å². The van der Waals surface area contributed by atoms with Crippen LogP contribution in [0.2, 0.25) is 10.0 Å². The molecule has 0 saturated carbocycles. The van der Waals surface area contributed by atoms with Crippen LogP contribution in [0.15, 0.2) is 18.2 Å². The molecule has 1 aromatic heterocycles. The van der Waals surface area contributed by atoms with Gasteiger partial charge < -0.3 is 5.73 Å². The van der Waals surface area contributed by atoms with Crippen molar-refractivity contribution in [3.63, 3.8) is 0 Å². The minimum Gasteiger partial charge on any atom is -0.381 e. The summed E-state index contributed by atoms with van der Waals surface area (Å²) in [7, 11) is 0. The molecule has 0 fully saturated rings. The van der Waals surface area contributed by atoms with Gasteiger partial charge in [-0.15, -0.1) is 5.10 Å². The van der Waals surface area contributed by atoms with E-state index < -0.39 is 0 Å². The summed E-state index contributed by atoms with van der Waals surface area (Å²) >= 11 is 12.1. The van der Waals surface area contributed by atoms with Crippen LogP contribution in [0.3, 0.4) is 0 Å². The molecule has 0 atom stereocenters. The molecule has 1 aromatic carbocycles. The smallest absolute Gasteiger partial charge is 0.169 e. The Morgan fingerprint density at radius 3 is 2.65 bits per heavy atom. The van der Waals surface area contributed by atoms with Crippen molar-refractivity contribution in [2.75, 3.05) is 5.73 Å². The molecule has 2 aromatic rings. The Balaban J connectivity index is 2.64. The van der Waals surface area contributed by atoms with Gasteiger partial charge in [-0.2, -0.15) is 0 Å². The maximum absolute atomic E-state index is 6.13. The van der Waals surface area contributed by atoms with Crippen LogP contribution >= 0.6 is 23.2 Å². The maximum Gasteiger partial charge on any atom is 0.169 e. The van der Waals surface area contributed by atoms with Gasteiger partial charge in [0.05, 0.1) is 16.4 Å². The van der Waals surface area contributed by atoms with Crippen molar-refractivity contribution >= 4 is 29.0 Å². The first-order valence-electron chi connectivity index (χ1n) is 5.17. The Bertz CT molecular complexity index is 548. The molecule has 0 unspecified atom stereocenters. The summed E-state index contributed by atoms with van der Waals surface area (Å²) in [4.78, 5) is 0. The molecular weight excluding hydrogens is 259 g/mol. The zero-order valence-corrected chi connectivity index (χ0v) is 11.0. The van der Waals surface area contributed by atoms with Crippen LogP contribution in [0.25, 0.3) is 5.69 Å². The molecule has 1 heterocycles. The molecule has 2 N–H and O–H groups in total. The maximum atomic E-state index is 6.13. The van der Waals surface area contributed by atoms with E-state index in [0.29, 0.717) is 21.6 Å². The van der Waals surface area contributed by atoms with Crippen molar-refractivity contribution in [3.8, 4) is 5.69 Å². The lowest BCUT2D eigenvalue weighted by molar-refractivity contribution is 0.716. The fourth-order valence-corrected chi connectivity index (χ4v) is 2.03. The van der Waals surface area contributed by atoms with Crippen LogP contribution in [0.4, 0.5) is 5.82 Å². The SMILES string of the molecule is CC(C)c1c(N)nnn1-c1cc(Cl)ccc1Cl. The quantitative estimate of drug-likeness (QED) is 0.911. The third kappa shape index (κ3) is 2.23. The molecule has 0 saturated heterocycles. The summed E-state index contributed by atoms with van der Waals surface area (Å²) < 4.78 is 1.63. The van der Waals surface area contributed by atoms with E-state index >= 15 is 0 Å². The van der Waals surface area contributed by atoms with E-state index in [-0.39, 0.29) is 5.92 Å². The van der Waals surface area contributed by atoms with Crippen molar-refractivity contribution in [1.29, 1.82) is 0 Å². The summed E-state index contributed by atoms with van der Waals surface area (Å²) in [6, 6.07) is 5.19. The lowest BCUT2D eigenvalue weighted by atomic mass is 10.1. The predicted octanol–water partition coefficient (Wildman–Crippen LogP) is 3.28. The zero-order valence-electron chi connectivity index (χ0n) is 9.48. The first kappa shape index (κ1) is 12.2. The van der Waals surface area contributed by atoms with Crippen LogP contribution in [0, 0.1) is 0 Å². The summed E-state index contributed by atoms with van der Waals surface area (Å²) in [5.41, 5.74) is 7.31. The first-order valence-corrected chi connectivity index (χ1v) is 5.92. The molecule has 90 valence electrons. The molecule has 0 aliphatic rings. The van der Waals surface area contributed by atoms with Gasteiger partial charge >= 0.3 is 0 Å². The Morgan fingerprint density at radius 1 is 1.29 bits per heavy atom. The Kier molecular flexibility index (Phi) is 3.26. The summed E-state index contributed by atoms with van der Waals surface area (Å²) in [5.74, 6) is 0.607. The van der Waals surface area contributed by atoms with Crippen LogP contribution < -0.4 is 5.73 Å². The highest BCUT2D eigenvalue weighted by Gasteiger charge is 2.17. The van der Waals surface area contributed by atoms with E-state index in [2.05, 4.69) is 10.3 Å². The Labute approximate surface area is 109 Å². The minimum absolute atomic E-state index is 0.194. The summed E-state index contributed by atoms with van der Waals surface area (Å²) in [5, 5.41) is 9.03. The van der Waals surface area contributed by atoms with Gasteiger partial charge in [0, 0.05) is 5.02 Å². The Hall–Kier alpha value is -1.26. The standard InChI is InChI=1S/C11H12Cl2N4/c1-6(2)10-11(14)15-16-17(10)9-5-7(12)3-4-8(9)13/h3-6H,14H2,1-2H3. The molecule has 4 nitrogen and oxygen atoms in total. The van der Waals surface area contributed by atoms with E-state index in [0.717, 1.165) is 5.69 Å². The van der Waals surface area contributed by atoms with Gasteiger partial charge in [0.2, 0.25) is 0 Å². The van der Waals surface area contributed by atoms with E-state index in [1.807, 2.05) is 13.8 Å². The molecule has 0 amide bonds. The van der Waals surface area contributed by atoms with Crippen LogP contribution in [-0.4, -0.2) is 15.0 Å². The molecule has 0 bridgehead atoms. The number of nitrogens with zero attached hydrogens (tertiary/aromatic N) is 3. The third-order valence-electron chi connectivity index (χ3n) is 2.42. The van der Waals surface area contributed by atoms with E-state index in [9.17, 15) is 0 Å². The molecule has 0 aliphatic carbocycles. The number of nitrogen functional groups attached to an aromatic ring is 1. The minimum atomic E-state index is 0.194. The van der Waals surface area contributed by atoms with Crippen molar-refractivity contribution in [2.24, 2.45) is 0 Å². The number of rotatable bonds is 2. The monoisotopic (exact) mass is 270 g/mol. The topological polar surface area (TPSA) is 56.7 Å². The zero-order chi connectivity index (χ0) is 12.6. The number of hydrogen-bond acceptors (Lipinski definition) is 3. The van der Waals surface area contributed by atoms with Gasteiger partial charge in [-0.3, -0.25) is 0 Å². The van der Waals surface area contributed by atoms with Crippen LogP contribution in [0.1, 0.15) is 25.5 Å². The summed E-state index contributed by atoms with van der Waals surface area (Å²) in [6.07, 6.45) is 0. The number of aromatic nitrogens is 3. The second-order valence-corrected chi connectivity index (χ2v) is 4.87. The van der Waals surface area contributed by atoms with Crippen LogP contribution in [-0.2, 0) is 0 Å². The highest BCUT2D eigenvalue weighted by atomic mass is 35.5. The highest BCUT2D eigenvalue weighted by Crippen LogP contribution is 2.28. The van der Waals surface area contributed by atoms with Crippen molar-refractivity contribution in [1.82, 2.24) is 15.0 Å². The lowest BCUT2D eigenvalue weighted by Gasteiger charge is -2.11. The third-order valence-corrected chi connectivity index (χ3v) is 2.97. The average molecular weight is 271 g/mol. The van der Waals surface area contributed by atoms with Crippen LogP contribution in [0.5, 0.6) is 0 Å². The first-order chi connectivity index (χ1) is 8.00. The number of halogens is 2. The molecule has 0 spiro atoms. The summed E-state index contributed by atoms with van der Waals surface area (Å²) in [6.45, 7) is 4.04. The lowest BCUT2D eigenvalue weighted by Crippen LogP contribution is -2.06. The normalized spacial score (nSPS) is 11.1. The number of nitrogens with two attached hydrogens (primary N) is 1. The van der Waals surface area contributed by atoms with Gasteiger partial charge in [-0.05, 0) is 24.1 Å². The van der Waals surface area contributed by atoms with Gasteiger partial charge in [-0.1, -0.05) is 42.3 Å². The van der Waals surface area contributed by atoms with Gasteiger partial charge in [0.25, 0.3) is 0 Å². The predicted molar refractivity (Wildman–Crippen MR) is 69.9 cm³/mol. The Morgan fingerprint density at radius 2 is 2.00 bits per heavy atom. The second kappa shape index (κ2) is 4.55. The fraction of sp³-hybridized carbons (Fsp3) is 0.273. The van der Waals surface area contributed by atoms with E-state index in [1.165, 1.54) is 0 Å². The number of hydrogen-bond donors (Lipinski definition) is 1. The van der Waals surface area contributed by atoms with Gasteiger partial charge in [0.15, 0.2) is 5.82 Å². The molecule has 0 radical (unpaired) electrons. The molecule has 17 heavy (non-hydrogen) atoms. The molecule has 0 aliphatic heterocycles. The molecular formula is C11H12Cl2N4. The largest absolute Gasteiger partial charge is 0.381 e. The van der Waals surface area contributed by atoms with E-state index in [1.54, 1.807) is 22.9 Å². The highest BCUT2D eigenvalue weighted by molar-refractivity contribution is 6.34. The average Bonchev–Trinajstić information content (AvgIpc) is 2.64. The number of anilines is 1. The second-order valence-electron chi connectivity index (χ2n) is 4.02. The molecule has 6 heteroatoms. The molecule has 2 rings (SSSR count). The van der Waals surface area contributed by atoms with Crippen molar-refractivity contribution in [2.45, 2.75) is 19.8 Å². The fourth-order valence-electron chi connectivity index (χ4n) is 1.67. The van der Waals surface area contributed by atoms with E-state index in [4.69, 9.17) is 28.9 Å². The van der Waals surface area contributed by atoms with Gasteiger partial charge in [-0.25, -0.2) is 4.68 Å².